The van der Waals surface area contributed by atoms with Crippen LogP contribution in [0.1, 0.15) is 30.6 Å². The lowest BCUT2D eigenvalue weighted by Gasteiger charge is -2.18. The maximum absolute atomic E-state index is 12.0. The lowest BCUT2D eigenvalue weighted by atomic mass is 9.99. The van der Waals surface area contributed by atoms with E-state index in [-0.39, 0.29) is 12.2 Å². The zero-order valence-corrected chi connectivity index (χ0v) is 12.0. The van der Waals surface area contributed by atoms with Crippen molar-refractivity contribution in [1.82, 2.24) is 5.32 Å². The number of halogens is 1. The first-order valence-corrected chi connectivity index (χ1v) is 6.48. The number of amides is 1. The Morgan fingerprint density at radius 3 is 2.25 bits per heavy atom. The minimum Gasteiger partial charge on any atom is -0.481 e. The van der Waals surface area contributed by atoms with E-state index in [9.17, 15) is 14.4 Å². The van der Waals surface area contributed by atoms with Crippen molar-refractivity contribution in [2.24, 2.45) is 5.92 Å². The van der Waals surface area contributed by atoms with Crippen molar-refractivity contribution < 1.29 is 19.5 Å². The maximum atomic E-state index is 12.0. The predicted octanol–water partition coefficient (Wildman–Crippen LogP) is 2.14. The summed E-state index contributed by atoms with van der Waals surface area (Å²) < 4.78 is 0. The molecule has 0 aliphatic heterocycles. The molecule has 0 saturated heterocycles. The first-order valence-electron chi connectivity index (χ1n) is 6.11. The standard InChI is InChI=1S/C14H16ClNO4/c1-8(14(19)20)7-12(9(2)17)16-13(18)10-3-5-11(15)6-4-10/h3-6,8,12H,7H2,1-2H3,(H,16,18)(H,19,20). The average Bonchev–Trinajstić information content (AvgIpc) is 2.38. The Hall–Kier alpha value is -1.88. The molecule has 0 heterocycles. The molecule has 1 aromatic carbocycles. The van der Waals surface area contributed by atoms with Gasteiger partial charge in [0.1, 0.15) is 0 Å². The molecule has 2 unspecified atom stereocenters. The third-order valence-electron chi connectivity index (χ3n) is 2.91. The van der Waals surface area contributed by atoms with Crippen molar-refractivity contribution in [3.05, 3.63) is 34.9 Å². The van der Waals surface area contributed by atoms with Crippen molar-refractivity contribution in [3.8, 4) is 0 Å². The molecule has 1 amide bonds. The van der Waals surface area contributed by atoms with E-state index in [1.54, 1.807) is 12.1 Å². The number of carbonyl (C=O) groups excluding carboxylic acids is 2. The Labute approximate surface area is 121 Å². The normalized spacial score (nSPS) is 13.3. The third-order valence-corrected chi connectivity index (χ3v) is 3.17. The Morgan fingerprint density at radius 1 is 1.25 bits per heavy atom. The van der Waals surface area contributed by atoms with Gasteiger partial charge in [0.2, 0.25) is 0 Å². The molecule has 0 aliphatic rings. The van der Waals surface area contributed by atoms with Crippen LogP contribution in [0, 0.1) is 5.92 Å². The zero-order valence-electron chi connectivity index (χ0n) is 11.2. The summed E-state index contributed by atoms with van der Waals surface area (Å²) >= 11 is 5.73. The molecule has 0 aliphatic carbocycles. The van der Waals surface area contributed by atoms with Crippen LogP contribution in [0.25, 0.3) is 0 Å². The van der Waals surface area contributed by atoms with E-state index >= 15 is 0 Å². The van der Waals surface area contributed by atoms with Gasteiger partial charge in [0.25, 0.3) is 5.91 Å². The molecule has 0 spiro atoms. The van der Waals surface area contributed by atoms with Gasteiger partial charge in [-0.3, -0.25) is 14.4 Å². The van der Waals surface area contributed by atoms with Crippen LogP contribution in [0.3, 0.4) is 0 Å². The highest BCUT2D eigenvalue weighted by Gasteiger charge is 2.23. The molecule has 0 bridgehead atoms. The Bertz CT molecular complexity index is 512. The first-order chi connectivity index (χ1) is 9.31. The Kier molecular flexibility index (Phi) is 5.70. The largest absolute Gasteiger partial charge is 0.481 e. The summed E-state index contributed by atoms with van der Waals surface area (Å²) in [7, 11) is 0. The minimum atomic E-state index is -1.00. The number of Topliss-reactive ketones (excluding diaryl/α,β-unsaturated/α-hetero) is 1. The van der Waals surface area contributed by atoms with Crippen LogP contribution < -0.4 is 5.32 Å². The van der Waals surface area contributed by atoms with Crippen molar-refractivity contribution in [2.45, 2.75) is 26.3 Å². The second-order valence-corrected chi connectivity index (χ2v) is 5.06. The summed E-state index contributed by atoms with van der Waals surface area (Å²) in [4.78, 5) is 34.3. The zero-order chi connectivity index (χ0) is 15.3. The lowest BCUT2D eigenvalue weighted by Crippen LogP contribution is -2.41. The Morgan fingerprint density at radius 2 is 1.80 bits per heavy atom. The summed E-state index contributed by atoms with van der Waals surface area (Å²) in [6.07, 6.45) is 0.0595. The monoisotopic (exact) mass is 297 g/mol. The van der Waals surface area contributed by atoms with Gasteiger partial charge in [-0.05, 0) is 37.6 Å². The van der Waals surface area contributed by atoms with Crippen LogP contribution in [0.4, 0.5) is 0 Å². The molecule has 1 aromatic rings. The number of carboxylic acid groups (broad SMARTS) is 1. The van der Waals surface area contributed by atoms with Gasteiger partial charge in [0, 0.05) is 10.6 Å². The van der Waals surface area contributed by atoms with Gasteiger partial charge in [-0.25, -0.2) is 0 Å². The minimum absolute atomic E-state index is 0.0595. The van der Waals surface area contributed by atoms with Crippen LogP contribution >= 0.6 is 11.6 Å². The van der Waals surface area contributed by atoms with Crippen molar-refractivity contribution in [3.63, 3.8) is 0 Å². The number of nitrogens with one attached hydrogen (secondary N) is 1. The molecule has 0 radical (unpaired) electrons. The molecular formula is C14H16ClNO4. The van der Waals surface area contributed by atoms with E-state index in [4.69, 9.17) is 16.7 Å². The van der Waals surface area contributed by atoms with Gasteiger partial charge in [-0.15, -0.1) is 0 Å². The molecule has 0 saturated carbocycles. The summed E-state index contributed by atoms with van der Waals surface area (Å²) in [5, 5.41) is 11.9. The number of ketones is 1. The van der Waals surface area contributed by atoms with Gasteiger partial charge >= 0.3 is 5.97 Å². The molecule has 6 heteroatoms. The van der Waals surface area contributed by atoms with Crippen molar-refractivity contribution in [2.75, 3.05) is 0 Å². The SMILES string of the molecule is CC(=O)C(CC(C)C(=O)O)NC(=O)c1ccc(Cl)cc1. The number of carboxylic acids is 1. The highest BCUT2D eigenvalue weighted by molar-refractivity contribution is 6.30. The van der Waals surface area contributed by atoms with Gasteiger partial charge in [0.15, 0.2) is 5.78 Å². The topological polar surface area (TPSA) is 83.5 Å². The molecule has 20 heavy (non-hydrogen) atoms. The van der Waals surface area contributed by atoms with E-state index in [0.29, 0.717) is 10.6 Å². The summed E-state index contributed by atoms with van der Waals surface area (Å²) in [6, 6.07) is 5.40. The fraction of sp³-hybridized carbons (Fsp3) is 0.357. The van der Waals surface area contributed by atoms with E-state index < -0.39 is 23.8 Å². The smallest absolute Gasteiger partial charge is 0.306 e. The number of benzene rings is 1. The molecule has 0 aromatic heterocycles. The summed E-state index contributed by atoms with van der Waals surface area (Å²) in [6.45, 7) is 2.81. The highest BCUT2D eigenvalue weighted by Crippen LogP contribution is 2.11. The number of rotatable bonds is 6. The average molecular weight is 298 g/mol. The van der Waals surface area contributed by atoms with Crippen LogP contribution in [0.2, 0.25) is 5.02 Å². The quantitative estimate of drug-likeness (QED) is 0.842. The maximum Gasteiger partial charge on any atom is 0.306 e. The molecule has 2 atom stereocenters. The fourth-order valence-electron chi connectivity index (χ4n) is 1.62. The van der Waals surface area contributed by atoms with Crippen molar-refractivity contribution >= 4 is 29.3 Å². The van der Waals surface area contributed by atoms with E-state index in [1.165, 1.54) is 26.0 Å². The van der Waals surface area contributed by atoms with Gasteiger partial charge in [-0.1, -0.05) is 18.5 Å². The predicted molar refractivity (Wildman–Crippen MR) is 74.8 cm³/mol. The first kappa shape index (κ1) is 16.2. The van der Waals surface area contributed by atoms with Gasteiger partial charge in [0.05, 0.1) is 12.0 Å². The van der Waals surface area contributed by atoms with E-state index in [1.807, 2.05) is 0 Å². The fourth-order valence-corrected chi connectivity index (χ4v) is 1.75. The summed E-state index contributed by atoms with van der Waals surface area (Å²) in [5.41, 5.74) is 0.364. The molecule has 5 nitrogen and oxygen atoms in total. The van der Waals surface area contributed by atoms with Crippen LogP contribution in [-0.4, -0.2) is 28.8 Å². The number of hydrogen-bond acceptors (Lipinski definition) is 3. The molecule has 1 rings (SSSR count). The molecular weight excluding hydrogens is 282 g/mol. The van der Waals surface area contributed by atoms with Crippen LogP contribution in [0.15, 0.2) is 24.3 Å². The second kappa shape index (κ2) is 7.05. The van der Waals surface area contributed by atoms with Crippen LogP contribution in [-0.2, 0) is 9.59 Å². The van der Waals surface area contributed by atoms with E-state index in [2.05, 4.69) is 5.32 Å². The van der Waals surface area contributed by atoms with Gasteiger partial charge < -0.3 is 10.4 Å². The number of carbonyl (C=O) groups is 3. The molecule has 2 N–H and O–H groups in total. The van der Waals surface area contributed by atoms with Gasteiger partial charge in [-0.2, -0.15) is 0 Å². The van der Waals surface area contributed by atoms with Crippen molar-refractivity contribution in [1.29, 1.82) is 0 Å². The third kappa shape index (κ3) is 4.66. The second-order valence-electron chi connectivity index (χ2n) is 4.62. The Balaban J connectivity index is 2.75. The lowest BCUT2D eigenvalue weighted by molar-refractivity contribution is -0.141. The molecule has 108 valence electrons. The highest BCUT2D eigenvalue weighted by atomic mass is 35.5. The van der Waals surface area contributed by atoms with Crippen LogP contribution in [0.5, 0.6) is 0 Å². The number of hydrogen-bond donors (Lipinski definition) is 2. The van der Waals surface area contributed by atoms with E-state index in [0.717, 1.165) is 0 Å². The number of aliphatic carboxylic acids is 1. The summed E-state index contributed by atoms with van der Waals surface area (Å²) in [5.74, 6) is -2.42. The molecule has 0 fully saturated rings.